The smallest absolute Gasteiger partial charge is 0.262 e. The molecule has 2 aromatic rings. The standard InChI is InChI=1S/C9H7NOS2/c11-9-8(13-12)5-6-3-1-2-4-7(6)10-9/h1-5,12H,(H,10,11). The topological polar surface area (TPSA) is 32.9 Å². The Hall–Kier alpha value is -0.870. The molecule has 2 rings (SSSR count). The molecule has 1 N–H and O–H groups in total. The fourth-order valence-electron chi connectivity index (χ4n) is 1.20. The molecule has 66 valence electrons. The Morgan fingerprint density at radius 3 is 2.85 bits per heavy atom. The Morgan fingerprint density at radius 2 is 2.08 bits per heavy atom. The zero-order valence-electron chi connectivity index (χ0n) is 6.65. The minimum absolute atomic E-state index is 0.0845. The van der Waals surface area contributed by atoms with E-state index >= 15 is 0 Å². The first kappa shape index (κ1) is 8.72. The van der Waals surface area contributed by atoms with E-state index in [1.54, 1.807) is 0 Å². The fraction of sp³-hybridized carbons (Fsp3) is 0. The summed E-state index contributed by atoms with van der Waals surface area (Å²) in [5, 5.41) is 1.03. The van der Waals surface area contributed by atoms with Crippen LogP contribution in [0.5, 0.6) is 0 Å². The molecule has 0 atom stereocenters. The number of para-hydroxylation sites is 1. The van der Waals surface area contributed by atoms with Crippen LogP contribution in [-0.2, 0) is 0 Å². The number of hydrogen-bond acceptors (Lipinski definition) is 3. The fourth-order valence-corrected chi connectivity index (χ4v) is 1.92. The SMILES string of the molecule is O=c1[nH]c2ccccc2cc1SS. The van der Waals surface area contributed by atoms with Gasteiger partial charge in [0.15, 0.2) is 0 Å². The summed E-state index contributed by atoms with van der Waals surface area (Å²) in [5.74, 6) is 0. The van der Waals surface area contributed by atoms with Crippen LogP contribution in [0.3, 0.4) is 0 Å². The Labute approximate surface area is 84.2 Å². The maximum Gasteiger partial charge on any atom is 0.262 e. The van der Waals surface area contributed by atoms with Gasteiger partial charge in [-0.3, -0.25) is 4.79 Å². The minimum Gasteiger partial charge on any atom is -0.321 e. The lowest BCUT2D eigenvalue weighted by Gasteiger charge is -1.98. The number of rotatable bonds is 1. The van der Waals surface area contributed by atoms with Gasteiger partial charge in [0.2, 0.25) is 0 Å². The molecule has 1 aromatic carbocycles. The van der Waals surface area contributed by atoms with Gasteiger partial charge in [0.05, 0.1) is 4.90 Å². The Morgan fingerprint density at radius 1 is 1.31 bits per heavy atom. The number of aromatic nitrogens is 1. The summed E-state index contributed by atoms with van der Waals surface area (Å²) in [6.45, 7) is 0. The van der Waals surface area contributed by atoms with Gasteiger partial charge in [-0.1, -0.05) is 29.0 Å². The third-order valence-electron chi connectivity index (χ3n) is 1.82. The second kappa shape index (κ2) is 3.47. The predicted octanol–water partition coefficient (Wildman–Crippen LogP) is 2.47. The van der Waals surface area contributed by atoms with Crippen molar-refractivity contribution >= 4 is 33.4 Å². The van der Waals surface area contributed by atoms with Crippen molar-refractivity contribution in [2.75, 3.05) is 0 Å². The number of hydrogen-bond donors (Lipinski definition) is 2. The average molecular weight is 209 g/mol. The molecular weight excluding hydrogens is 202 g/mol. The van der Waals surface area contributed by atoms with E-state index < -0.39 is 0 Å². The van der Waals surface area contributed by atoms with Crippen molar-refractivity contribution in [1.29, 1.82) is 0 Å². The highest BCUT2D eigenvalue weighted by atomic mass is 33.1. The highest BCUT2D eigenvalue weighted by Crippen LogP contribution is 2.20. The van der Waals surface area contributed by atoms with E-state index in [9.17, 15) is 4.79 Å². The number of H-pyrrole nitrogens is 1. The van der Waals surface area contributed by atoms with Crippen LogP contribution in [0.2, 0.25) is 0 Å². The first-order valence-electron chi connectivity index (χ1n) is 3.75. The molecule has 0 aliphatic heterocycles. The lowest BCUT2D eigenvalue weighted by Crippen LogP contribution is -2.06. The van der Waals surface area contributed by atoms with E-state index in [-0.39, 0.29) is 5.56 Å². The number of pyridine rings is 1. The van der Waals surface area contributed by atoms with Crippen molar-refractivity contribution in [2.45, 2.75) is 4.90 Å². The third kappa shape index (κ3) is 1.59. The van der Waals surface area contributed by atoms with Crippen LogP contribution < -0.4 is 5.56 Å². The van der Waals surface area contributed by atoms with Gasteiger partial charge < -0.3 is 4.98 Å². The van der Waals surface area contributed by atoms with Gasteiger partial charge in [0, 0.05) is 5.52 Å². The zero-order chi connectivity index (χ0) is 9.26. The van der Waals surface area contributed by atoms with Crippen molar-refractivity contribution in [1.82, 2.24) is 4.98 Å². The van der Waals surface area contributed by atoms with Crippen LogP contribution in [0, 0.1) is 0 Å². The quantitative estimate of drug-likeness (QED) is 0.558. The monoisotopic (exact) mass is 209 g/mol. The molecule has 0 fully saturated rings. The summed E-state index contributed by atoms with van der Waals surface area (Å²) >= 11 is 4.00. The van der Waals surface area contributed by atoms with E-state index in [1.807, 2.05) is 30.3 Å². The molecule has 0 saturated carbocycles. The Kier molecular flexibility index (Phi) is 2.33. The van der Waals surface area contributed by atoms with E-state index in [0.717, 1.165) is 21.7 Å². The van der Waals surface area contributed by atoms with E-state index in [4.69, 9.17) is 0 Å². The first-order chi connectivity index (χ1) is 6.31. The Bertz CT molecular complexity index is 492. The first-order valence-corrected chi connectivity index (χ1v) is 5.61. The molecule has 0 unspecified atom stereocenters. The average Bonchev–Trinajstić information content (AvgIpc) is 2.17. The van der Waals surface area contributed by atoms with Crippen molar-refractivity contribution in [3.05, 3.63) is 40.7 Å². The molecule has 13 heavy (non-hydrogen) atoms. The molecule has 0 radical (unpaired) electrons. The minimum atomic E-state index is -0.0845. The molecule has 0 amide bonds. The van der Waals surface area contributed by atoms with Gasteiger partial charge in [-0.05, 0) is 17.5 Å². The lowest BCUT2D eigenvalue weighted by molar-refractivity contribution is 1.20. The summed E-state index contributed by atoms with van der Waals surface area (Å²) in [6.07, 6.45) is 0. The second-order valence-corrected chi connectivity index (χ2v) is 3.81. The van der Waals surface area contributed by atoms with Crippen molar-refractivity contribution in [2.24, 2.45) is 0 Å². The van der Waals surface area contributed by atoms with Crippen LogP contribution in [0.25, 0.3) is 10.9 Å². The highest BCUT2D eigenvalue weighted by molar-refractivity contribution is 8.68. The number of fused-ring (bicyclic) bond motifs is 1. The van der Waals surface area contributed by atoms with Gasteiger partial charge in [-0.15, -0.1) is 11.7 Å². The lowest BCUT2D eigenvalue weighted by atomic mass is 10.2. The summed E-state index contributed by atoms with van der Waals surface area (Å²) in [6, 6.07) is 9.51. The number of thiol groups is 1. The molecule has 2 nitrogen and oxygen atoms in total. The predicted molar refractivity (Wildman–Crippen MR) is 59.4 cm³/mol. The van der Waals surface area contributed by atoms with Gasteiger partial charge in [-0.2, -0.15) is 0 Å². The number of aromatic amines is 1. The van der Waals surface area contributed by atoms with Gasteiger partial charge >= 0.3 is 0 Å². The van der Waals surface area contributed by atoms with Crippen molar-refractivity contribution in [3.8, 4) is 0 Å². The van der Waals surface area contributed by atoms with Gasteiger partial charge in [-0.25, -0.2) is 0 Å². The molecular formula is C9H7NOS2. The van der Waals surface area contributed by atoms with E-state index in [2.05, 4.69) is 16.6 Å². The maximum atomic E-state index is 11.3. The highest BCUT2D eigenvalue weighted by Gasteiger charge is 2.00. The molecule has 4 heteroatoms. The zero-order valence-corrected chi connectivity index (χ0v) is 8.36. The molecule has 0 aliphatic carbocycles. The number of nitrogens with one attached hydrogen (secondary N) is 1. The molecule has 1 aromatic heterocycles. The largest absolute Gasteiger partial charge is 0.321 e. The summed E-state index contributed by atoms with van der Waals surface area (Å²) in [7, 11) is 1.16. The Balaban J connectivity index is 2.81. The maximum absolute atomic E-state index is 11.3. The number of benzene rings is 1. The molecule has 0 saturated heterocycles. The third-order valence-corrected chi connectivity index (χ3v) is 2.91. The van der Waals surface area contributed by atoms with Crippen molar-refractivity contribution in [3.63, 3.8) is 0 Å². The van der Waals surface area contributed by atoms with Crippen LogP contribution >= 0.6 is 22.5 Å². The molecule has 1 heterocycles. The van der Waals surface area contributed by atoms with Gasteiger partial charge in [0.1, 0.15) is 0 Å². The van der Waals surface area contributed by atoms with Crippen LogP contribution in [0.1, 0.15) is 0 Å². The second-order valence-electron chi connectivity index (χ2n) is 2.64. The molecule has 0 spiro atoms. The van der Waals surface area contributed by atoms with Crippen LogP contribution in [0.15, 0.2) is 40.0 Å². The summed E-state index contributed by atoms with van der Waals surface area (Å²) < 4.78 is 0. The van der Waals surface area contributed by atoms with Crippen molar-refractivity contribution < 1.29 is 0 Å². The van der Waals surface area contributed by atoms with Crippen LogP contribution in [-0.4, -0.2) is 4.98 Å². The van der Waals surface area contributed by atoms with E-state index in [1.165, 1.54) is 0 Å². The summed E-state index contributed by atoms with van der Waals surface area (Å²) in [4.78, 5) is 14.7. The van der Waals surface area contributed by atoms with E-state index in [0.29, 0.717) is 4.90 Å². The molecule has 0 aliphatic rings. The van der Waals surface area contributed by atoms with Gasteiger partial charge in [0.25, 0.3) is 5.56 Å². The summed E-state index contributed by atoms with van der Waals surface area (Å²) in [5.41, 5.74) is 0.775. The molecule has 0 bridgehead atoms. The van der Waals surface area contributed by atoms with Crippen LogP contribution in [0.4, 0.5) is 0 Å². The normalized spacial score (nSPS) is 10.5.